The summed E-state index contributed by atoms with van der Waals surface area (Å²) in [6.45, 7) is 2.85. The second-order valence-corrected chi connectivity index (χ2v) is 8.77. The third-order valence-electron chi connectivity index (χ3n) is 5.59. The number of aromatic nitrogens is 2. The van der Waals surface area contributed by atoms with Gasteiger partial charge in [-0.2, -0.15) is 0 Å². The van der Waals surface area contributed by atoms with Crippen molar-refractivity contribution in [1.29, 1.82) is 0 Å². The Labute approximate surface area is 195 Å². The number of carbonyl (C=O) groups is 2. The topological polar surface area (TPSA) is 72.4 Å². The average molecular weight is 456 g/mol. The Morgan fingerprint density at radius 2 is 1.85 bits per heavy atom. The molecule has 0 saturated carbocycles. The van der Waals surface area contributed by atoms with E-state index in [1.54, 1.807) is 37.4 Å². The molecule has 0 spiro atoms. The molecule has 0 aliphatic carbocycles. The minimum atomic E-state index is -0.108. The molecule has 2 aromatic heterocycles. The maximum Gasteiger partial charge on any atom is 0.226 e. The molecule has 33 heavy (non-hydrogen) atoms. The Morgan fingerprint density at radius 1 is 1.03 bits per heavy atom. The summed E-state index contributed by atoms with van der Waals surface area (Å²) in [6, 6.07) is 18.6. The average Bonchev–Trinajstić information content (AvgIpc) is 3.29. The molecule has 1 aliphatic rings. The van der Waals surface area contributed by atoms with Crippen LogP contribution in [0.15, 0.2) is 72.9 Å². The highest BCUT2D eigenvalue weighted by molar-refractivity contribution is 7.20. The van der Waals surface area contributed by atoms with Gasteiger partial charge in [-0.25, -0.2) is 9.97 Å². The largest absolute Gasteiger partial charge is 0.438 e. The fourth-order valence-electron chi connectivity index (χ4n) is 3.80. The number of hydrogen-bond acceptors (Lipinski definition) is 6. The Hall–Kier alpha value is -3.84. The van der Waals surface area contributed by atoms with Gasteiger partial charge in [0.2, 0.25) is 17.6 Å². The molecular formula is C26H21N3O3S. The minimum absolute atomic E-state index is 0.0773. The highest BCUT2D eigenvalue weighted by atomic mass is 32.1. The smallest absolute Gasteiger partial charge is 0.226 e. The normalized spacial score (nSPS) is 13.6. The van der Waals surface area contributed by atoms with Crippen molar-refractivity contribution in [3.8, 4) is 11.6 Å². The molecule has 3 heterocycles. The van der Waals surface area contributed by atoms with E-state index in [9.17, 15) is 9.59 Å². The molecule has 164 valence electrons. The number of amides is 1. The van der Waals surface area contributed by atoms with Gasteiger partial charge in [-0.15, -0.1) is 11.3 Å². The van der Waals surface area contributed by atoms with Crippen LogP contribution in [0.5, 0.6) is 11.6 Å². The van der Waals surface area contributed by atoms with Crippen molar-refractivity contribution in [2.45, 2.75) is 13.3 Å². The lowest BCUT2D eigenvalue weighted by Gasteiger charge is -2.25. The fraction of sp³-hybridized carbons (Fsp3) is 0.154. The molecule has 0 bridgehead atoms. The molecule has 4 aromatic rings. The summed E-state index contributed by atoms with van der Waals surface area (Å²) >= 11 is 1.39. The summed E-state index contributed by atoms with van der Waals surface area (Å²) in [5, 5.41) is 0.473. The van der Waals surface area contributed by atoms with E-state index >= 15 is 0 Å². The number of pyridine rings is 1. The van der Waals surface area contributed by atoms with Gasteiger partial charge in [0.05, 0.1) is 10.2 Å². The van der Waals surface area contributed by atoms with Crippen LogP contribution in [0.4, 0.5) is 0 Å². The highest BCUT2D eigenvalue weighted by Crippen LogP contribution is 2.32. The molecule has 0 atom stereocenters. The number of para-hydroxylation sites is 1. The van der Waals surface area contributed by atoms with Crippen LogP contribution in [0, 0.1) is 0 Å². The predicted molar refractivity (Wildman–Crippen MR) is 129 cm³/mol. The molecule has 1 amide bonds. The first-order valence-corrected chi connectivity index (χ1v) is 11.5. The number of ether oxygens (including phenoxy) is 1. The summed E-state index contributed by atoms with van der Waals surface area (Å²) in [5.74, 6) is 1.07. The van der Waals surface area contributed by atoms with Crippen molar-refractivity contribution in [2.75, 3.05) is 13.1 Å². The maximum absolute atomic E-state index is 12.9. The van der Waals surface area contributed by atoms with Gasteiger partial charge in [0.25, 0.3) is 0 Å². The van der Waals surface area contributed by atoms with Crippen LogP contribution in [-0.4, -0.2) is 39.6 Å². The summed E-state index contributed by atoms with van der Waals surface area (Å²) < 4.78 is 7.06. The highest BCUT2D eigenvalue weighted by Gasteiger charge is 2.19. The monoisotopic (exact) mass is 455 g/mol. The van der Waals surface area contributed by atoms with E-state index in [1.165, 1.54) is 11.3 Å². The van der Waals surface area contributed by atoms with Gasteiger partial charge in [-0.1, -0.05) is 18.2 Å². The van der Waals surface area contributed by atoms with Crippen molar-refractivity contribution in [2.24, 2.45) is 0 Å². The van der Waals surface area contributed by atoms with Gasteiger partial charge in [-0.3, -0.25) is 9.59 Å². The van der Waals surface area contributed by atoms with Crippen LogP contribution in [0.2, 0.25) is 0 Å². The van der Waals surface area contributed by atoms with Crippen LogP contribution in [0.25, 0.3) is 15.8 Å². The molecule has 2 aromatic carbocycles. The zero-order chi connectivity index (χ0) is 22.8. The van der Waals surface area contributed by atoms with Crippen LogP contribution < -0.4 is 4.74 Å². The first-order valence-electron chi connectivity index (χ1n) is 10.7. The molecule has 5 rings (SSSR count). The van der Waals surface area contributed by atoms with Crippen molar-refractivity contribution in [3.63, 3.8) is 0 Å². The third kappa shape index (κ3) is 4.40. The van der Waals surface area contributed by atoms with E-state index in [4.69, 9.17) is 4.74 Å². The first kappa shape index (κ1) is 21.0. The molecule has 0 unspecified atom stereocenters. The zero-order valence-electron chi connectivity index (χ0n) is 18.0. The zero-order valence-corrected chi connectivity index (χ0v) is 18.8. The summed E-state index contributed by atoms with van der Waals surface area (Å²) in [7, 11) is 0. The maximum atomic E-state index is 12.9. The van der Waals surface area contributed by atoms with E-state index in [2.05, 4.69) is 16.0 Å². The van der Waals surface area contributed by atoms with Crippen LogP contribution in [0.3, 0.4) is 0 Å². The Balaban J connectivity index is 1.34. The summed E-state index contributed by atoms with van der Waals surface area (Å²) in [5.41, 5.74) is 3.41. The lowest BCUT2D eigenvalue weighted by Crippen LogP contribution is -2.32. The predicted octanol–water partition coefficient (Wildman–Crippen LogP) is 5.35. The fourth-order valence-corrected chi connectivity index (χ4v) is 4.72. The number of rotatable bonds is 5. The van der Waals surface area contributed by atoms with Crippen molar-refractivity contribution >= 4 is 38.8 Å². The van der Waals surface area contributed by atoms with E-state index < -0.39 is 0 Å². The number of nitrogens with zero attached hydrogens (tertiary/aromatic N) is 3. The van der Waals surface area contributed by atoms with E-state index in [-0.39, 0.29) is 11.7 Å². The SMILES string of the molecule is CC(=O)N1CC=C(c2cccnc2Oc2ccc(C(=O)c3nc4ccccc4s3)cc2)CC1. The van der Waals surface area contributed by atoms with Gasteiger partial charge < -0.3 is 9.64 Å². The summed E-state index contributed by atoms with van der Waals surface area (Å²) in [6.07, 6.45) is 4.49. The number of fused-ring (bicyclic) bond motifs is 1. The quantitative estimate of drug-likeness (QED) is 0.379. The Morgan fingerprint density at radius 3 is 2.58 bits per heavy atom. The molecule has 0 N–H and O–H groups in total. The third-order valence-corrected chi connectivity index (χ3v) is 6.63. The van der Waals surface area contributed by atoms with Crippen LogP contribution >= 0.6 is 11.3 Å². The number of hydrogen-bond donors (Lipinski definition) is 0. The van der Waals surface area contributed by atoms with Crippen molar-refractivity contribution in [3.05, 3.63) is 89.1 Å². The lowest BCUT2D eigenvalue weighted by molar-refractivity contribution is -0.128. The standard InChI is InChI=1S/C26H21N3O3S/c1-17(30)29-15-12-18(13-16-29)21-5-4-14-27-25(21)32-20-10-8-19(9-11-20)24(31)26-28-22-6-2-3-7-23(22)33-26/h2-12,14H,13,15-16H2,1H3. The molecule has 7 heteroatoms. The van der Waals surface area contributed by atoms with Crippen molar-refractivity contribution < 1.29 is 14.3 Å². The molecule has 0 saturated heterocycles. The number of thiazole rings is 1. The molecule has 6 nitrogen and oxygen atoms in total. The Bertz CT molecular complexity index is 1340. The van der Waals surface area contributed by atoms with Gasteiger partial charge in [0, 0.05) is 37.3 Å². The van der Waals surface area contributed by atoms with E-state index in [0.29, 0.717) is 35.3 Å². The second-order valence-electron chi connectivity index (χ2n) is 7.74. The number of carbonyl (C=O) groups excluding carboxylic acids is 2. The molecule has 1 aliphatic heterocycles. The molecular weight excluding hydrogens is 434 g/mol. The minimum Gasteiger partial charge on any atom is -0.438 e. The number of benzene rings is 2. The second kappa shape index (κ2) is 8.96. The van der Waals surface area contributed by atoms with Gasteiger partial charge in [0.15, 0.2) is 5.01 Å². The van der Waals surface area contributed by atoms with E-state index in [0.717, 1.165) is 27.8 Å². The van der Waals surface area contributed by atoms with Crippen LogP contribution in [-0.2, 0) is 4.79 Å². The number of ketones is 1. The van der Waals surface area contributed by atoms with Gasteiger partial charge in [0.1, 0.15) is 5.75 Å². The van der Waals surface area contributed by atoms with Crippen molar-refractivity contribution in [1.82, 2.24) is 14.9 Å². The van der Waals surface area contributed by atoms with Crippen LogP contribution in [0.1, 0.15) is 34.3 Å². The van der Waals surface area contributed by atoms with Gasteiger partial charge >= 0.3 is 0 Å². The lowest BCUT2D eigenvalue weighted by atomic mass is 10.0. The molecule has 0 radical (unpaired) electrons. The van der Waals surface area contributed by atoms with E-state index in [1.807, 2.05) is 41.3 Å². The first-order chi connectivity index (χ1) is 16.1. The van der Waals surface area contributed by atoms with Gasteiger partial charge in [-0.05, 0) is 60.5 Å². The summed E-state index contributed by atoms with van der Waals surface area (Å²) in [4.78, 5) is 35.2. The molecule has 0 fully saturated rings. The Kier molecular flexibility index (Phi) is 5.71.